The van der Waals surface area contributed by atoms with E-state index in [9.17, 15) is 18.4 Å². The van der Waals surface area contributed by atoms with Crippen molar-refractivity contribution in [2.24, 2.45) is 0 Å². The third kappa shape index (κ3) is 7.65. The second-order valence-corrected chi connectivity index (χ2v) is 9.51. The molecule has 12 heteroatoms. The van der Waals surface area contributed by atoms with Crippen molar-refractivity contribution in [3.05, 3.63) is 59.3 Å². The molecule has 2 amide bonds. The fourth-order valence-corrected chi connectivity index (χ4v) is 4.67. The minimum atomic E-state index is -2.52. The van der Waals surface area contributed by atoms with Crippen LogP contribution in [0.1, 0.15) is 23.6 Å². The Morgan fingerprint density at radius 1 is 1.10 bits per heavy atom. The quantitative estimate of drug-likeness (QED) is 0.330. The van der Waals surface area contributed by atoms with E-state index in [1.807, 2.05) is 37.1 Å². The molecule has 1 aliphatic rings. The monoisotopic (exact) mass is 563 g/mol. The number of amides is 2. The first kappa shape index (κ1) is 30.3. The van der Waals surface area contributed by atoms with E-state index in [1.54, 1.807) is 29.2 Å². The number of hydrogen-bond donors (Lipinski definition) is 2. The lowest BCUT2D eigenvalue weighted by molar-refractivity contribution is -0.145. The van der Waals surface area contributed by atoms with Crippen molar-refractivity contribution in [2.75, 3.05) is 44.7 Å². The molecule has 0 saturated heterocycles. The third-order valence-corrected chi connectivity index (χ3v) is 6.68. The highest BCUT2D eigenvalue weighted by molar-refractivity contribution is 5.90. The maximum absolute atomic E-state index is 13.4. The van der Waals surface area contributed by atoms with Crippen LogP contribution >= 0.6 is 12.4 Å². The second kappa shape index (κ2) is 13.7. The summed E-state index contributed by atoms with van der Waals surface area (Å²) in [6.07, 6.45) is -0.933. The van der Waals surface area contributed by atoms with Crippen molar-refractivity contribution in [2.45, 2.75) is 39.9 Å². The number of likely N-dealkylation sites (N-methyl/N-ethyl adjacent to an activating group) is 2. The number of carbonyl (C=O) groups is 2. The Labute approximate surface area is 233 Å². The average Bonchev–Trinajstić information content (AvgIpc) is 3.48. The first-order valence-electron chi connectivity index (χ1n) is 12.8. The van der Waals surface area contributed by atoms with E-state index in [4.69, 9.17) is 0 Å². The number of nitrogens with one attached hydrogen (secondary N) is 2. The van der Waals surface area contributed by atoms with Gasteiger partial charge in [-0.15, -0.1) is 12.4 Å². The van der Waals surface area contributed by atoms with Crippen LogP contribution in [0.3, 0.4) is 0 Å². The van der Waals surface area contributed by atoms with Crippen LogP contribution in [0.25, 0.3) is 10.9 Å². The molecule has 1 aromatic heterocycles. The Morgan fingerprint density at radius 2 is 1.79 bits per heavy atom. The van der Waals surface area contributed by atoms with E-state index in [0.29, 0.717) is 37.4 Å². The normalized spacial score (nSPS) is 12.9. The summed E-state index contributed by atoms with van der Waals surface area (Å²) in [6.45, 7) is 6.49. The summed E-state index contributed by atoms with van der Waals surface area (Å²) in [5, 5.41) is 14.6. The lowest BCUT2D eigenvalue weighted by atomic mass is 10.1. The smallest absolute Gasteiger partial charge is 0.257 e. The number of fused-ring (bicyclic) bond motifs is 2. The molecule has 0 radical (unpaired) electrons. The average molecular weight is 564 g/mol. The van der Waals surface area contributed by atoms with Crippen molar-refractivity contribution < 1.29 is 18.4 Å². The minimum absolute atomic E-state index is 0. The Bertz CT molecular complexity index is 1260. The van der Waals surface area contributed by atoms with Gasteiger partial charge < -0.3 is 15.5 Å². The van der Waals surface area contributed by atoms with Crippen LogP contribution in [0.4, 0.5) is 14.5 Å². The summed E-state index contributed by atoms with van der Waals surface area (Å²) in [5.74, 6) is -0.379. The molecule has 2 N–H and O–H groups in total. The van der Waals surface area contributed by atoms with Gasteiger partial charge in [0.1, 0.15) is 6.54 Å². The molecule has 0 aliphatic carbocycles. The summed E-state index contributed by atoms with van der Waals surface area (Å²) in [5.41, 5.74) is 4.38. The molecule has 2 aromatic carbocycles. The van der Waals surface area contributed by atoms with Gasteiger partial charge in [-0.25, -0.2) is 13.8 Å². The third-order valence-electron chi connectivity index (χ3n) is 6.68. The maximum Gasteiger partial charge on any atom is 0.257 e. The number of hydrogen-bond acceptors (Lipinski definition) is 6. The van der Waals surface area contributed by atoms with Crippen LogP contribution in [0, 0.1) is 6.92 Å². The molecule has 0 fully saturated rings. The van der Waals surface area contributed by atoms with Crippen LogP contribution < -0.4 is 15.5 Å². The van der Waals surface area contributed by atoms with Crippen LogP contribution in [-0.2, 0) is 29.2 Å². The summed E-state index contributed by atoms with van der Waals surface area (Å²) in [7, 11) is 1.74. The zero-order chi connectivity index (χ0) is 27.2. The molecule has 0 bridgehead atoms. The number of aryl methyl sites for hydroxylation is 1. The van der Waals surface area contributed by atoms with Gasteiger partial charge in [-0.05, 0) is 42.3 Å². The highest BCUT2D eigenvalue weighted by Crippen LogP contribution is 2.27. The summed E-state index contributed by atoms with van der Waals surface area (Å²) in [6, 6.07) is 11.7. The number of anilines is 1. The van der Waals surface area contributed by atoms with E-state index in [1.165, 1.54) is 15.8 Å². The van der Waals surface area contributed by atoms with Crippen LogP contribution in [0.2, 0.25) is 0 Å². The van der Waals surface area contributed by atoms with Gasteiger partial charge in [0.05, 0.1) is 18.6 Å². The zero-order valence-electron chi connectivity index (χ0n) is 22.5. The number of benzene rings is 2. The number of aromatic nitrogens is 2. The Balaban J connectivity index is 0.00000420. The number of hydrazine groups is 1. The van der Waals surface area contributed by atoms with E-state index in [2.05, 4.69) is 27.9 Å². The van der Waals surface area contributed by atoms with Gasteiger partial charge >= 0.3 is 0 Å². The molecule has 0 unspecified atom stereocenters. The van der Waals surface area contributed by atoms with Crippen molar-refractivity contribution in [3.63, 3.8) is 0 Å². The number of carbonyl (C=O) groups excluding carboxylic acids is 2. The molecule has 2 heterocycles. The van der Waals surface area contributed by atoms with Crippen LogP contribution in [0.15, 0.2) is 42.6 Å². The molecule has 0 spiro atoms. The molecular formula is C27H36ClF2N7O2. The Kier molecular flexibility index (Phi) is 10.6. The van der Waals surface area contributed by atoms with E-state index in [0.717, 1.165) is 17.5 Å². The van der Waals surface area contributed by atoms with Gasteiger partial charge in [0.2, 0.25) is 5.91 Å². The molecule has 3 aromatic rings. The van der Waals surface area contributed by atoms with Crippen LogP contribution in [-0.4, -0.2) is 77.8 Å². The van der Waals surface area contributed by atoms with Crippen molar-refractivity contribution in [3.8, 4) is 0 Å². The molecule has 9 nitrogen and oxygen atoms in total. The van der Waals surface area contributed by atoms with Gasteiger partial charge in [0.15, 0.2) is 0 Å². The van der Waals surface area contributed by atoms with Crippen molar-refractivity contribution in [1.82, 2.24) is 30.4 Å². The lowest BCUT2D eigenvalue weighted by Gasteiger charge is -2.32. The van der Waals surface area contributed by atoms with Gasteiger partial charge in [0.25, 0.3) is 12.3 Å². The maximum atomic E-state index is 13.4. The van der Waals surface area contributed by atoms with E-state index in [-0.39, 0.29) is 37.3 Å². The van der Waals surface area contributed by atoms with E-state index >= 15 is 0 Å². The summed E-state index contributed by atoms with van der Waals surface area (Å²) < 4.78 is 27.0. The zero-order valence-corrected chi connectivity index (χ0v) is 23.3. The summed E-state index contributed by atoms with van der Waals surface area (Å²) >= 11 is 0. The molecule has 39 heavy (non-hydrogen) atoms. The molecule has 0 saturated carbocycles. The molecule has 4 rings (SSSR count). The minimum Gasteiger partial charge on any atom is -0.353 e. The van der Waals surface area contributed by atoms with Crippen LogP contribution in [0.5, 0.6) is 0 Å². The largest absolute Gasteiger partial charge is 0.353 e. The Morgan fingerprint density at radius 3 is 2.44 bits per heavy atom. The lowest BCUT2D eigenvalue weighted by Crippen LogP contribution is -2.48. The predicted molar refractivity (Wildman–Crippen MR) is 150 cm³/mol. The first-order chi connectivity index (χ1) is 18.2. The van der Waals surface area contributed by atoms with Crippen molar-refractivity contribution in [1.29, 1.82) is 0 Å². The highest BCUT2D eigenvalue weighted by atomic mass is 35.5. The first-order valence-corrected chi connectivity index (χ1v) is 12.8. The standard InChI is InChI=1S/C27H35F2N7O2.ClH/c1-4-30-9-10-31-26(37)17-34(18-27(38)33(3)36-14-20-7-5-6-8-21(20)15-36)24-12-23-22(11-19(24)2)13-35(32-23)16-25(28)29;/h5-8,11-13,25,30H,4,9-10,14-18H2,1-3H3,(H,31,37);1H. The molecular weight excluding hydrogens is 528 g/mol. The number of rotatable bonds is 12. The number of nitrogens with zero attached hydrogens (tertiary/aromatic N) is 5. The fraction of sp³-hybridized carbons (Fsp3) is 0.444. The SMILES string of the molecule is CCNCCNC(=O)CN(CC(=O)N(C)N1Cc2ccccc2C1)c1cc2nn(CC(F)F)cc2cc1C.Cl. The number of alkyl halides is 2. The topological polar surface area (TPSA) is 85.7 Å². The second-order valence-electron chi connectivity index (χ2n) is 9.51. The fourth-order valence-electron chi connectivity index (χ4n) is 4.67. The Hall–Kier alpha value is -3.28. The predicted octanol–water partition coefficient (Wildman–Crippen LogP) is 2.95. The summed E-state index contributed by atoms with van der Waals surface area (Å²) in [4.78, 5) is 28.0. The van der Waals surface area contributed by atoms with Crippen molar-refractivity contribution >= 4 is 40.8 Å². The number of halogens is 3. The van der Waals surface area contributed by atoms with Gasteiger partial charge in [0, 0.05) is 50.5 Å². The molecule has 212 valence electrons. The van der Waals surface area contributed by atoms with E-state index < -0.39 is 13.0 Å². The van der Waals surface area contributed by atoms with Gasteiger partial charge in [-0.3, -0.25) is 19.3 Å². The molecule has 0 atom stereocenters. The van der Waals surface area contributed by atoms with Gasteiger partial charge in [-0.2, -0.15) is 5.10 Å². The highest BCUT2D eigenvalue weighted by Gasteiger charge is 2.27. The molecule has 1 aliphatic heterocycles. The van der Waals surface area contributed by atoms with Gasteiger partial charge in [-0.1, -0.05) is 31.2 Å².